The van der Waals surface area contributed by atoms with Crippen LogP contribution in [0.4, 0.5) is 0 Å². The standard InChI is InChI=1S/C29H46O4/c1-29-17-16-25-24-14-12-23(31)18-20(24)10-13-26(25)27(29)15-11-21(29)8-6-4-2-3-5-7-9-22(30)19-28(32)33/h18,21-22,24-27,30H,2-17,19H2,1H3,(H,32,33)/t21?,22?,24-,25+,26+,27-,29+/m0/s1. The molecule has 0 spiro atoms. The first-order valence-electron chi connectivity index (χ1n) is 14.0. The fourth-order valence-electron chi connectivity index (χ4n) is 8.55. The number of rotatable bonds is 11. The number of fused-ring (bicyclic) bond motifs is 5. The molecule has 0 amide bonds. The Hall–Kier alpha value is -1.16. The van der Waals surface area contributed by atoms with Crippen LogP contribution in [-0.4, -0.2) is 28.1 Å². The number of aliphatic carboxylic acids is 1. The van der Waals surface area contributed by atoms with E-state index in [0.29, 0.717) is 17.6 Å². The van der Waals surface area contributed by atoms with Crippen molar-refractivity contribution in [3.8, 4) is 0 Å². The predicted molar refractivity (Wildman–Crippen MR) is 131 cm³/mol. The molecule has 0 aromatic rings. The number of hydrogen-bond acceptors (Lipinski definition) is 3. The second-order valence-corrected chi connectivity index (χ2v) is 12.1. The molecule has 0 aromatic heterocycles. The van der Waals surface area contributed by atoms with Crippen molar-refractivity contribution in [2.24, 2.45) is 35.0 Å². The molecule has 0 radical (unpaired) electrons. The van der Waals surface area contributed by atoms with E-state index in [1.807, 2.05) is 6.08 Å². The Morgan fingerprint density at radius 1 is 1.00 bits per heavy atom. The van der Waals surface area contributed by atoms with Crippen molar-refractivity contribution in [1.29, 1.82) is 0 Å². The summed E-state index contributed by atoms with van der Waals surface area (Å²) in [4.78, 5) is 22.5. The summed E-state index contributed by atoms with van der Waals surface area (Å²) in [5, 5.41) is 18.3. The Morgan fingerprint density at radius 3 is 2.55 bits per heavy atom. The first-order valence-corrected chi connectivity index (χ1v) is 14.0. The SMILES string of the molecule is C[C@]12CC[C@H]3[C@@H](CCC4=CC(=O)CC[C@@H]43)[C@@H]1CCC2CCCCCCCCC(O)CC(=O)O. The zero-order valence-corrected chi connectivity index (χ0v) is 20.8. The molecule has 4 heteroatoms. The Bertz CT molecular complexity index is 727. The van der Waals surface area contributed by atoms with Gasteiger partial charge in [0.25, 0.3) is 0 Å². The van der Waals surface area contributed by atoms with E-state index in [9.17, 15) is 14.7 Å². The first kappa shape index (κ1) is 24.9. The molecule has 7 atom stereocenters. The first-order chi connectivity index (χ1) is 15.9. The maximum Gasteiger partial charge on any atom is 0.305 e. The zero-order valence-electron chi connectivity index (χ0n) is 20.8. The number of allylic oxidation sites excluding steroid dienone is 1. The third kappa shape index (κ3) is 5.74. The lowest BCUT2D eigenvalue weighted by Crippen LogP contribution is -2.46. The van der Waals surface area contributed by atoms with Gasteiger partial charge in [-0.1, -0.05) is 51.0 Å². The summed E-state index contributed by atoms with van der Waals surface area (Å²) in [6.07, 6.45) is 20.5. The van der Waals surface area contributed by atoms with Crippen molar-refractivity contribution in [1.82, 2.24) is 0 Å². The highest BCUT2D eigenvalue weighted by atomic mass is 16.4. The minimum Gasteiger partial charge on any atom is -0.481 e. The number of unbranched alkanes of at least 4 members (excludes halogenated alkanes) is 5. The molecule has 186 valence electrons. The van der Waals surface area contributed by atoms with Crippen LogP contribution in [0.3, 0.4) is 0 Å². The largest absolute Gasteiger partial charge is 0.481 e. The maximum atomic E-state index is 11.9. The summed E-state index contributed by atoms with van der Waals surface area (Å²) in [7, 11) is 0. The van der Waals surface area contributed by atoms with Gasteiger partial charge in [-0.25, -0.2) is 0 Å². The molecule has 4 aliphatic rings. The molecule has 0 bridgehead atoms. The van der Waals surface area contributed by atoms with E-state index in [1.54, 1.807) is 0 Å². The minimum absolute atomic E-state index is 0.124. The Morgan fingerprint density at radius 2 is 1.76 bits per heavy atom. The molecule has 2 unspecified atom stereocenters. The van der Waals surface area contributed by atoms with Gasteiger partial charge in [0.15, 0.2) is 5.78 Å². The summed E-state index contributed by atoms with van der Waals surface area (Å²) in [6.45, 7) is 2.63. The summed E-state index contributed by atoms with van der Waals surface area (Å²) in [5.41, 5.74) is 2.05. The van der Waals surface area contributed by atoms with Gasteiger partial charge < -0.3 is 10.2 Å². The molecule has 3 saturated carbocycles. The van der Waals surface area contributed by atoms with E-state index in [2.05, 4.69) is 6.92 Å². The van der Waals surface area contributed by atoms with Crippen LogP contribution < -0.4 is 0 Å². The summed E-state index contributed by atoms with van der Waals surface area (Å²) < 4.78 is 0. The molecule has 4 rings (SSSR count). The van der Waals surface area contributed by atoms with E-state index in [0.717, 1.165) is 55.3 Å². The average molecular weight is 459 g/mol. The van der Waals surface area contributed by atoms with Crippen LogP contribution in [-0.2, 0) is 9.59 Å². The fourth-order valence-corrected chi connectivity index (χ4v) is 8.55. The van der Waals surface area contributed by atoms with Crippen molar-refractivity contribution in [2.45, 2.75) is 122 Å². The average Bonchev–Trinajstić information content (AvgIpc) is 3.11. The lowest BCUT2D eigenvalue weighted by Gasteiger charge is -2.54. The van der Waals surface area contributed by atoms with Gasteiger partial charge in [-0.05, 0) is 98.9 Å². The summed E-state index contributed by atoms with van der Waals surface area (Å²) >= 11 is 0. The second-order valence-electron chi connectivity index (χ2n) is 12.1. The number of carbonyl (C=O) groups is 2. The third-order valence-electron chi connectivity index (χ3n) is 10.2. The molecular weight excluding hydrogens is 412 g/mol. The van der Waals surface area contributed by atoms with Crippen LogP contribution in [0, 0.1) is 35.0 Å². The van der Waals surface area contributed by atoms with E-state index >= 15 is 0 Å². The van der Waals surface area contributed by atoms with Gasteiger partial charge in [-0.2, -0.15) is 0 Å². The highest BCUT2D eigenvalue weighted by Crippen LogP contribution is 2.64. The molecule has 0 aliphatic heterocycles. The van der Waals surface area contributed by atoms with Gasteiger partial charge in [-0.15, -0.1) is 0 Å². The van der Waals surface area contributed by atoms with Crippen LogP contribution in [0.2, 0.25) is 0 Å². The summed E-state index contributed by atoms with van der Waals surface area (Å²) in [5.74, 6) is 3.75. The van der Waals surface area contributed by atoms with Crippen molar-refractivity contribution in [3.05, 3.63) is 11.6 Å². The molecule has 0 saturated heterocycles. The molecule has 3 fully saturated rings. The number of hydrogen-bond donors (Lipinski definition) is 2. The van der Waals surface area contributed by atoms with Crippen LogP contribution in [0.15, 0.2) is 11.6 Å². The van der Waals surface area contributed by atoms with Crippen molar-refractivity contribution in [2.75, 3.05) is 0 Å². The third-order valence-corrected chi connectivity index (χ3v) is 10.2. The number of aliphatic hydroxyl groups is 1. The lowest BCUT2D eigenvalue weighted by atomic mass is 9.51. The molecule has 0 aromatic carbocycles. The zero-order chi connectivity index (χ0) is 23.4. The number of carbonyl (C=O) groups excluding carboxylic acids is 1. The summed E-state index contributed by atoms with van der Waals surface area (Å²) in [6, 6.07) is 0. The molecule has 33 heavy (non-hydrogen) atoms. The van der Waals surface area contributed by atoms with Gasteiger partial charge in [0, 0.05) is 6.42 Å². The van der Waals surface area contributed by atoms with Crippen molar-refractivity contribution < 1.29 is 19.8 Å². The maximum absolute atomic E-state index is 11.9. The van der Waals surface area contributed by atoms with E-state index in [4.69, 9.17) is 5.11 Å². The highest BCUT2D eigenvalue weighted by molar-refractivity contribution is 5.91. The number of aliphatic hydroxyl groups excluding tert-OH is 1. The van der Waals surface area contributed by atoms with Crippen molar-refractivity contribution in [3.63, 3.8) is 0 Å². The van der Waals surface area contributed by atoms with Crippen LogP contribution >= 0.6 is 0 Å². The van der Waals surface area contributed by atoms with Crippen LogP contribution in [0.25, 0.3) is 0 Å². The van der Waals surface area contributed by atoms with Gasteiger partial charge in [-0.3, -0.25) is 9.59 Å². The molecule has 4 nitrogen and oxygen atoms in total. The molecule has 0 heterocycles. The van der Waals surface area contributed by atoms with Gasteiger partial charge in [0.2, 0.25) is 0 Å². The van der Waals surface area contributed by atoms with Crippen LogP contribution in [0.5, 0.6) is 0 Å². The molecule has 4 aliphatic carbocycles. The number of carboxylic acids is 1. The monoisotopic (exact) mass is 458 g/mol. The lowest BCUT2D eigenvalue weighted by molar-refractivity contribution is -0.139. The molecule has 2 N–H and O–H groups in total. The van der Waals surface area contributed by atoms with E-state index < -0.39 is 12.1 Å². The minimum atomic E-state index is -0.908. The molecular formula is C29H46O4. The van der Waals surface area contributed by atoms with E-state index in [1.165, 1.54) is 76.2 Å². The smallest absolute Gasteiger partial charge is 0.305 e. The topological polar surface area (TPSA) is 74.6 Å². The Balaban J connectivity index is 1.17. The van der Waals surface area contributed by atoms with Crippen LogP contribution in [0.1, 0.15) is 116 Å². The Labute approximate surface area is 200 Å². The quantitative estimate of drug-likeness (QED) is 0.338. The Kier molecular flexibility index (Phi) is 8.36. The van der Waals surface area contributed by atoms with Gasteiger partial charge in [0.05, 0.1) is 12.5 Å². The van der Waals surface area contributed by atoms with Crippen molar-refractivity contribution >= 4 is 11.8 Å². The predicted octanol–water partition coefficient (Wildman–Crippen LogP) is 6.70. The van der Waals surface area contributed by atoms with Gasteiger partial charge >= 0.3 is 5.97 Å². The number of carboxylic acid groups (broad SMARTS) is 1. The van der Waals surface area contributed by atoms with E-state index in [-0.39, 0.29) is 6.42 Å². The second kappa shape index (κ2) is 11.1. The van der Waals surface area contributed by atoms with Gasteiger partial charge in [0.1, 0.15) is 0 Å². The normalized spacial score (nSPS) is 36.5. The fraction of sp³-hybridized carbons (Fsp3) is 0.862. The number of ketones is 1. The highest BCUT2D eigenvalue weighted by Gasteiger charge is 2.55.